The summed E-state index contributed by atoms with van der Waals surface area (Å²) in [6, 6.07) is 7.73. The van der Waals surface area contributed by atoms with Crippen molar-refractivity contribution in [2.75, 3.05) is 11.5 Å². The van der Waals surface area contributed by atoms with Crippen LogP contribution < -0.4 is 11.5 Å². The van der Waals surface area contributed by atoms with Crippen LogP contribution in [0.5, 0.6) is 0 Å². The molecule has 7 heteroatoms. The van der Waals surface area contributed by atoms with Crippen molar-refractivity contribution in [3.05, 3.63) is 46.1 Å². The molecule has 3 rings (SSSR count). The fraction of sp³-hybridized carbons (Fsp3) is 0.188. The van der Waals surface area contributed by atoms with Crippen LogP contribution in [0.2, 0.25) is 5.15 Å². The van der Waals surface area contributed by atoms with Gasteiger partial charge in [0.1, 0.15) is 16.8 Å². The molecule has 0 saturated carbocycles. The summed E-state index contributed by atoms with van der Waals surface area (Å²) in [4.78, 5) is 12.9. The first-order valence-electron chi connectivity index (χ1n) is 7.02. The predicted octanol–water partition coefficient (Wildman–Crippen LogP) is 3.75. The van der Waals surface area contributed by atoms with Crippen molar-refractivity contribution in [1.82, 2.24) is 15.0 Å². The largest absolute Gasteiger partial charge is 0.383 e. The van der Waals surface area contributed by atoms with Crippen LogP contribution in [-0.2, 0) is 5.75 Å². The van der Waals surface area contributed by atoms with Gasteiger partial charge < -0.3 is 11.5 Å². The molecule has 23 heavy (non-hydrogen) atoms. The maximum atomic E-state index is 6.34. The minimum atomic E-state index is 0.355. The van der Waals surface area contributed by atoms with Crippen molar-refractivity contribution in [2.45, 2.75) is 24.8 Å². The molecule has 2 heterocycles. The molecule has 0 atom stereocenters. The molecule has 0 aliphatic rings. The SMILES string of the molecule is Cc1ccc2cc(CSc3nc(N)cc(N)n3)c(Cl)nc2c1C. The van der Waals surface area contributed by atoms with Crippen LogP contribution >= 0.6 is 23.4 Å². The highest BCUT2D eigenvalue weighted by Crippen LogP contribution is 2.29. The molecule has 0 spiro atoms. The fourth-order valence-electron chi connectivity index (χ4n) is 2.27. The van der Waals surface area contributed by atoms with Crippen LogP contribution in [0.15, 0.2) is 29.4 Å². The molecule has 4 N–H and O–H groups in total. The highest BCUT2D eigenvalue weighted by molar-refractivity contribution is 7.98. The molecule has 2 aromatic heterocycles. The second kappa shape index (κ2) is 6.22. The molecule has 0 unspecified atom stereocenters. The van der Waals surface area contributed by atoms with Crippen LogP contribution in [-0.4, -0.2) is 15.0 Å². The van der Waals surface area contributed by atoms with Gasteiger partial charge in [-0.25, -0.2) is 15.0 Å². The molecule has 1 aromatic carbocycles. The number of pyridine rings is 1. The zero-order chi connectivity index (χ0) is 16.6. The Balaban J connectivity index is 1.91. The number of nitrogens with two attached hydrogens (primary N) is 2. The Hall–Kier alpha value is -2.05. The van der Waals surface area contributed by atoms with E-state index in [0.717, 1.165) is 22.0 Å². The first-order valence-corrected chi connectivity index (χ1v) is 8.38. The monoisotopic (exact) mass is 345 g/mol. The van der Waals surface area contributed by atoms with Crippen LogP contribution in [0, 0.1) is 13.8 Å². The maximum Gasteiger partial charge on any atom is 0.191 e. The number of aryl methyl sites for hydroxylation is 2. The number of aromatic nitrogens is 3. The van der Waals surface area contributed by atoms with Gasteiger partial charge in [0.05, 0.1) is 5.52 Å². The third kappa shape index (κ3) is 3.33. The van der Waals surface area contributed by atoms with E-state index in [-0.39, 0.29) is 0 Å². The van der Waals surface area contributed by atoms with Gasteiger partial charge in [0, 0.05) is 22.8 Å². The highest BCUT2D eigenvalue weighted by Gasteiger charge is 2.10. The summed E-state index contributed by atoms with van der Waals surface area (Å²) >= 11 is 7.77. The van der Waals surface area contributed by atoms with Gasteiger partial charge in [-0.2, -0.15) is 0 Å². The third-order valence-corrected chi connectivity index (χ3v) is 4.86. The number of hydrogen-bond donors (Lipinski definition) is 2. The number of rotatable bonds is 3. The first-order chi connectivity index (χ1) is 10.9. The summed E-state index contributed by atoms with van der Waals surface area (Å²) in [7, 11) is 0. The lowest BCUT2D eigenvalue weighted by atomic mass is 10.0. The highest BCUT2D eigenvalue weighted by atomic mass is 35.5. The number of halogens is 1. The van der Waals surface area contributed by atoms with Crippen LogP contribution in [0.1, 0.15) is 16.7 Å². The maximum absolute atomic E-state index is 6.34. The smallest absolute Gasteiger partial charge is 0.191 e. The number of nitrogen functional groups attached to an aromatic ring is 2. The Morgan fingerprint density at radius 3 is 2.43 bits per heavy atom. The van der Waals surface area contributed by atoms with Gasteiger partial charge in [0.15, 0.2) is 5.16 Å². The summed E-state index contributed by atoms with van der Waals surface area (Å²) in [6.07, 6.45) is 0. The van der Waals surface area contributed by atoms with E-state index >= 15 is 0 Å². The van der Waals surface area contributed by atoms with Crippen LogP contribution in [0.4, 0.5) is 11.6 Å². The Morgan fingerprint density at radius 1 is 1.04 bits per heavy atom. The Bertz CT molecular complexity index is 877. The van der Waals surface area contributed by atoms with Crippen molar-refractivity contribution in [3.63, 3.8) is 0 Å². The van der Waals surface area contributed by atoms with Gasteiger partial charge >= 0.3 is 0 Å². The van der Waals surface area contributed by atoms with E-state index in [4.69, 9.17) is 23.1 Å². The van der Waals surface area contributed by atoms with Crippen molar-refractivity contribution in [3.8, 4) is 0 Å². The molecular formula is C16H16ClN5S. The molecular weight excluding hydrogens is 330 g/mol. The fourth-order valence-corrected chi connectivity index (χ4v) is 3.40. The second-order valence-electron chi connectivity index (χ2n) is 5.31. The molecule has 0 saturated heterocycles. The zero-order valence-corrected chi connectivity index (χ0v) is 14.4. The number of hydrogen-bond acceptors (Lipinski definition) is 6. The van der Waals surface area contributed by atoms with Gasteiger partial charge in [-0.05, 0) is 31.0 Å². The van der Waals surface area contributed by atoms with E-state index < -0.39 is 0 Å². The van der Waals surface area contributed by atoms with Gasteiger partial charge in [0.25, 0.3) is 0 Å². The Labute approximate surface area is 143 Å². The van der Waals surface area contributed by atoms with E-state index in [2.05, 4.69) is 47.0 Å². The number of thioether (sulfide) groups is 1. The molecule has 0 amide bonds. The van der Waals surface area contributed by atoms with Gasteiger partial charge in [0.2, 0.25) is 0 Å². The van der Waals surface area contributed by atoms with Crippen LogP contribution in [0.25, 0.3) is 10.9 Å². The molecule has 0 radical (unpaired) electrons. The number of benzene rings is 1. The summed E-state index contributed by atoms with van der Waals surface area (Å²) in [5.41, 5.74) is 15.6. The normalized spacial score (nSPS) is 11.1. The van der Waals surface area contributed by atoms with Gasteiger partial charge in [-0.15, -0.1) is 0 Å². The van der Waals surface area contributed by atoms with Crippen molar-refractivity contribution < 1.29 is 0 Å². The van der Waals surface area contributed by atoms with Crippen molar-refractivity contribution in [2.24, 2.45) is 0 Å². The van der Waals surface area contributed by atoms with Crippen LogP contribution in [0.3, 0.4) is 0 Å². The van der Waals surface area contributed by atoms with Crippen molar-refractivity contribution in [1.29, 1.82) is 0 Å². The molecule has 0 aliphatic carbocycles. The standard InChI is InChI=1S/C16H16ClN5S/c1-8-3-4-10-5-11(15(17)22-14(10)9(8)2)7-23-16-20-12(18)6-13(19)21-16/h3-6H,7H2,1-2H3,(H4,18,19,20,21). The summed E-state index contributed by atoms with van der Waals surface area (Å²) < 4.78 is 0. The molecule has 5 nitrogen and oxygen atoms in total. The third-order valence-electron chi connectivity index (χ3n) is 3.64. The first kappa shape index (κ1) is 15.8. The predicted molar refractivity (Wildman–Crippen MR) is 96.6 cm³/mol. The van der Waals surface area contributed by atoms with Gasteiger partial charge in [-0.3, -0.25) is 0 Å². The minimum Gasteiger partial charge on any atom is -0.383 e. The minimum absolute atomic E-state index is 0.355. The lowest BCUT2D eigenvalue weighted by molar-refractivity contribution is 0.984. The van der Waals surface area contributed by atoms with Crippen molar-refractivity contribution >= 4 is 45.9 Å². The number of nitrogens with zero attached hydrogens (tertiary/aromatic N) is 3. The van der Waals surface area contributed by atoms with E-state index in [1.165, 1.54) is 23.4 Å². The zero-order valence-electron chi connectivity index (χ0n) is 12.8. The summed E-state index contributed by atoms with van der Waals surface area (Å²) in [5.74, 6) is 1.31. The Morgan fingerprint density at radius 2 is 1.74 bits per heavy atom. The van der Waals surface area contributed by atoms with E-state index in [1.807, 2.05) is 0 Å². The summed E-state index contributed by atoms with van der Waals surface area (Å²) in [6.45, 7) is 4.12. The van der Waals surface area contributed by atoms with Gasteiger partial charge in [-0.1, -0.05) is 35.5 Å². The molecule has 0 bridgehead atoms. The molecule has 0 aliphatic heterocycles. The Kier molecular flexibility index (Phi) is 4.28. The number of anilines is 2. The molecule has 118 valence electrons. The topological polar surface area (TPSA) is 90.7 Å². The van der Waals surface area contributed by atoms with E-state index in [9.17, 15) is 0 Å². The molecule has 3 aromatic rings. The second-order valence-corrected chi connectivity index (χ2v) is 6.61. The number of fused-ring (bicyclic) bond motifs is 1. The molecule has 0 fully saturated rings. The lowest BCUT2D eigenvalue weighted by Gasteiger charge is -2.09. The van der Waals surface area contributed by atoms with E-state index in [0.29, 0.717) is 27.7 Å². The summed E-state index contributed by atoms with van der Waals surface area (Å²) in [5, 5.41) is 2.09. The van der Waals surface area contributed by atoms with E-state index in [1.54, 1.807) is 0 Å². The lowest BCUT2D eigenvalue weighted by Crippen LogP contribution is -1.99. The quantitative estimate of drug-likeness (QED) is 0.427. The average molecular weight is 346 g/mol. The average Bonchev–Trinajstić information content (AvgIpc) is 2.49.